The van der Waals surface area contributed by atoms with E-state index in [9.17, 15) is 4.79 Å². The normalized spacial score (nSPS) is 33.2. The van der Waals surface area contributed by atoms with Crippen LogP contribution in [0.1, 0.15) is 78.1 Å². The van der Waals surface area contributed by atoms with Crippen LogP contribution < -0.4 is 5.32 Å². The number of hydrogen-bond donors (Lipinski definition) is 1. The van der Waals surface area contributed by atoms with E-state index in [1.165, 1.54) is 57.8 Å². The maximum atomic E-state index is 13.0. The monoisotopic (exact) mass is 320 g/mol. The minimum absolute atomic E-state index is 0.463. The second-order valence-electron chi connectivity index (χ2n) is 8.40. The van der Waals surface area contributed by atoms with Crippen molar-refractivity contribution in [3.05, 3.63) is 0 Å². The molecule has 2 saturated carbocycles. The first kappa shape index (κ1) is 17.3. The van der Waals surface area contributed by atoms with Gasteiger partial charge in [0, 0.05) is 18.5 Å². The van der Waals surface area contributed by atoms with Crippen molar-refractivity contribution in [2.75, 3.05) is 13.1 Å². The first-order chi connectivity index (χ1) is 11.2. The number of nitrogens with one attached hydrogen (secondary N) is 1. The van der Waals surface area contributed by atoms with Crippen LogP contribution in [0.5, 0.6) is 0 Å². The molecule has 0 aromatic rings. The van der Waals surface area contributed by atoms with Crippen LogP contribution in [-0.4, -0.2) is 36.0 Å². The summed E-state index contributed by atoms with van der Waals surface area (Å²) in [5.41, 5.74) is 0. The van der Waals surface area contributed by atoms with E-state index in [4.69, 9.17) is 0 Å². The summed E-state index contributed by atoms with van der Waals surface area (Å²) >= 11 is 0. The average molecular weight is 321 g/mol. The summed E-state index contributed by atoms with van der Waals surface area (Å²) in [7, 11) is 0. The summed E-state index contributed by atoms with van der Waals surface area (Å²) < 4.78 is 0. The molecule has 1 amide bonds. The van der Waals surface area contributed by atoms with Gasteiger partial charge in [0.25, 0.3) is 0 Å². The predicted molar refractivity (Wildman–Crippen MR) is 95.3 cm³/mol. The van der Waals surface area contributed by atoms with Crippen LogP contribution in [0.25, 0.3) is 0 Å². The topological polar surface area (TPSA) is 32.3 Å². The molecule has 23 heavy (non-hydrogen) atoms. The zero-order valence-electron chi connectivity index (χ0n) is 15.2. The summed E-state index contributed by atoms with van der Waals surface area (Å²) in [6.07, 6.45) is 12.3. The molecule has 0 aromatic carbocycles. The van der Waals surface area contributed by atoms with Crippen LogP contribution >= 0.6 is 0 Å². The molecule has 0 aromatic heterocycles. The van der Waals surface area contributed by atoms with E-state index in [-0.39, 0.29) is 0 Å². The molecule has 2 aliphatic carbocycles. The predicted octanol–water partition coefficient (Wildman–Crippen LogP) is 3.97. The number of nitrogens with zero attached hydrogens (tertiary/aromatic N) is 1. The Morgan fingerprint density at radius 1 is 1.09 bits per heavy atom. The van der Waals surface area contributed by atoms with Crippen molar-refractivity contribution >= 4 is 5.91 Å². The number of carbonyl (C=O) groups is 1. The molecule has 1 heterocycles. The van der Waals surface area contributed by atoms with Crippen LogP contribution in [0.15, 0.2) is 0 Å². The first-order valence-electron chi connectivity index (χ1n) is 10.2. The Balaban J connectivity index is 1.54. The molecule has 0 unspecified atom stereocenters. The van der Waals surface area contributed by atoms with E-state index in [0.29, 0.717) is 29.8 Å². The zero-order valence-corrected chi connectivity index (χ0v) is 15.2. The minimum atomic E-state index is 0.463. The molecular formula is C20H36N2O. The van der Waals surface area contributed by atoms with Crippen LogP contribution in [0.3, 0.4) is 0 Å². The minimum Gasteiger partial charge on any atom is -0.337 e. The lowest BCUT2D eigenvalue weighted by molar-refractivity contribution is -0.136. The SMILES string of the molecule is CCC1CCC(N(C(=O)C[C@@H](C)[C@@H]2CCCNC2)C2CC2)CC1. The lowest BCUT2D eigenvalue weighted by atomic mass is 9.82. The standard InChI is InChI=1S/C20H36N2O/c1-3-16-6-8-18(9-7-16)22(19-10-11-19)20(23)13-15(2)17-5-4-12-21-14-17/h15-19,21H,3-14H2,1-2H3/t15-,16?,17-,18?/m1/s1. The Hall–Kier alpha value is -0.570. The van der Waals surface area contributed by atoms with Crippen molar-refractivity contribution in [3.8, 4) is 0 Å². The van der Waals surface area contributed by atoms with Crippen molar-refractivity contribution < 1.29 is 4.79 Å². The maximum Gasteiger partial charge on any atom is 0.223 e. The molecule has 3 aliphatic rings. The highest BCUT2D eigenvalue weighted by Gasteiger charge is 2.39. The average Bonchev–Trinajstić information content (AvgIpc) is 3.41. The third-order valence-electron chi connectivity index (χ3n) is 6.65. The second kappa shape index (κ2) is 8.00. The Bertz CT molecular complexity index is 379. The third kappa shape index (κ3) is 4.49. The van der Waals surface area contributed by atoms with Gasteiger partial charge in [-0.25, -0.2) is 0 Å². The Morgan fingerprint density at radius 2 is 1.74 bits per heavy atom. The lowest BCUT2D eigenvalue weighted by Gasteiger charge is -2.38. The molecule has 1 N–H and O–H groups in total. The van der Waals surface area contributed by atoms with Gasteiger partial charge in [0.15, 0.2) is 0 Å². The quantitative estimate of drug-likeness (QED) is 0.803. The van der Waals surface area contributed by atoms with Crippen LogP contribution in [0.2, 0.25) is 0 Å². The molecule has 1 aliphatic heterocycles. The number of carbonyl (C=O) groups excluding carboxylic acids is 1. The van der Waals surface area contributed by atoms with Crippen molar-refractivity contribution in [2.45, 2.75) is 90.1 Å². The number of piperidine rings is 1. The summed E-state index contributed by atoms with van der Waals surface area (Å²) in [5.74, 6) is 2.60. The number of rotatable bonds is 6. The van der Waals surface area contributed by atoms with E-state index in [0.717, 1.165) is 25.4 Å². The van der Waals surface area contributed by atoms with E-state index < -0.39 is 0 Å². The van der Waals surface area contributed by atoms with Gasteiger partial charge in [-0.15, -0.1) is 0 Å². The number of amides is 1. The highest BCUT2D eigenvalue weighted by molar-refractivity contribution is 5.77. The van der Waals surface area contributed by atoms with Gasteiger partial charge in [0.05, 0.1) is 0 Å². The molecule has 0 radical (unpaired) electrons. The van der Waals surface area contributed by atoms with Crippen molar-refractivity contribution in [1.82, 2.24) is 10.2 Å². The molecule has 3 heteroatoms. The largest absolute Gasteiger partial charge is 0.337 e. The van der Waals surface area contributed by atoms with E-state index in [1.807, 2.05) is 0 Å². The molecule has 3 fully saturated rings. The molecule has 2 atom stereocenters. The molecule has 0 spiro atoms. The molecule has 132 valence electrons. The molecular weight excluding hydrogens is 284 g/mol. The summed E-state index contributed by atoms with van der Waals surface area (Å²) in [6.45, 7) is 6.88. The van der Waals surface area contributed by atoms with Gasteiger partial charge in [-0.2, -0.15) is 0 Å². The van der Waals surface area contributed by atoms with Crippen molar-refractivity contribution in [3.63, 3.8) is 0 Å². The molecule has 1 saturated heterocycles. The third-order valence-corrected chi connectivity index (χ3v) is 6.65. The van der Waals surface area contributed by atoms with E-state index in [2.05, 4.69) is 24.1 Å². The maximum absolute atomic E-state index is 13.0. The van der Waals surface area contributed by atoms with Crippen LogP contribution in [0, 0.1) is 17.8 Å². The Kier molecular flexibility index (Phi) is 6.01. The molecule has 0 bridgehead atoms. The van der Waals surface area contributed by atoms with Gasteiger partial charge in [0.2, 0.25) is 5.91 Å². The summed E-state index contributed by atoms with van der Waals surface area (Å²) in [5, 5.41) is 3.50. The second-order valence-corrected chi connectivity index (χ2v) is 8.40. The fourth-order valence-corrected chi connectivity index (χ4v) is 4.80. The summed E-state index contributed by atoms with van der Waals surface area (Å²) in [4.78, 5) is 15.4. The van der Waals surface area contributed by atoms with Gasteiger partial charge >= 0.3 is 0 Å². The van der Waals surface area contributed by atoms with Gasteiger partial charge in [-0.05, 0) is 82.2 Å². The fraction of sp³-hybridized carbons (Fsp3) is 0.950. The van der Waals surface area contributed by atoms with E-state index >= 15 is 0 Å². The lowest BCUT2D eigenvalue weighted by Crippen LogP contribution is -2.45. The van der Waals surface area contributed by atoms with E-state index in [1.54, 1.807) is 0 Å². The highest BCUT2D eigenvalue weighted by Crippen LogP contribution is 2.37. The van der Waals surface area contributed by atoms with Crippen molar-refractivity contribution in [2.24, 2.45) is 17.8 Å². The van der Waals surface area contributed by atoms with Gasteiger partial charge in [-0.3, -0.25) is 4.79 Å². The Labute approximate surface area is 142 Å². The smallest absolute Gasteiger partial charge is 0.223 e. The summed E-state index contributed by atoms with van der Waals surface area (Å²) in [6, 6.07) is 1.14. The van der Waals surface area contributed by atoms with Crippen LogP contribution in [0.4, 0.5) is 0 Å². The van der Waals surface area contributed by atoms with Gasteiger partial charge in [-0.1, -0.05) is 20.3 Å². The molecule has 3 nitrogen and oxygen atoms in total. The first-order valence-corrected chi connectivity index (χ1v) is 10.2. The van der Waals surface area contributed by atoms with Crippen LogP contribution in [-0.2, 0) is 4.79 Å². The highest BCUT2D eigenvalue weighted by atomic mass is 16.2. The van der Waals surface area contributed by atoms with Crippen molar-refractivity contribution in [1.29, 1.82) is 0 Å². The van der Waals surface area contributed by atoms with Gasteiger partial charge < -0.3 is 10.2 Å². The fourth-order valence-electron chi connectivity index (χ4n) is 4.80. The molecule has 3 rings (SSSR count). The Morgan fingerprint density at radius 3 is 2.26 bits per heavy atom. The zero-order chi connectivity index (χ0) is 16.2. The van der Waals surface area contributed by atoms with Gasteiger partial charge in [0.1, 0.15) is 0 Å². The number of hydrogen-bond acceptors (Lipinski definition) is 2.